The molecule has 0 saturated carbocycles. The van der Waals surface area contributed by atoms with Crippen molar-refractivity contribution in [1.82, 2.24) is 10.2 Å². The van der Waals surface area contributed by atoms with Gasteiger partial charge in [-0.05, 0) is 35.4 Å². The van der Waals surface area contributed by atoms with Crippen LogP contribution < -0.4 is 5.32 Å². The van der Waals surface area contributed by atoms with E-state index in [-0.39, 0.29) is 11.9 Å². The highest BCUT2D eigenvalue weighted by atomic mass is 32.1. The van der Waals surface area contributed by atoms with E-state index < -0.39 is 11.9 Å². The third-order valence-corrected chi connectivity index (χ3v) is 5.63. The minimum absolute atomic E-state index is 0.261. The molecule has 2 atom stereocenters. The number of carbonyl (C=O) groups is 2. The van der Waals surface area contributed by atoms with E-state index in [9.17, 15) is 9.59 Å². The molecule has 0 bridgehead atoms. The molecule has 3 aromatic rings. The molecule has 4 nitrogen and oxygen atoms in total. The van der Waals surface area contributed by atoms with Crippen LogP contribution in [0.5, 0.6) is 0 Å². The lowest BCUT2D eigenvalue weighted by Crippen LogP contribution is -2.44. The van der Waals surface area contributed by atoms with Crippen molar-refractivity contribution in [3.05, 3.63) is 94.2 Å². The van der Waals surface area contributed by atoms with Gasteiger partial charge in [0, 0.05) is 11.4 Å². The topological polar surface area (TPSA) is 49.4 Å². The predicted octanol–water partition coefficient (Wildman–Crippen LogP) is 4.33. The Labute approximate surface area is 175 Å². The van der Waals surface area contributed by atoms with Gasteiger partial charge in [0.05, 0.1) is 6.04 Å². The second-order valence-corrected chi connectivity index (χ2v) is 7.54. The Kier molecular flexibility index (Phi) is 6.83. The van der Waals surface area contributed by atoms with Crippen molar-refractivity contribution in [3.63, 3.8) is 0 Å². The monoisotopic (exact) mass is 402 g/mol. The summed E-state index contributed by atoms with van der Waals surface area (Å²) in [5, 5.41) is 4.85. The van der Waals surface area contributed by atoms with Gasteiger partial charge in [0.2, 0.25) is 5.91 Å². The molecule has 0 radical (unpaired) electrons. The summed E-state index contributed by atoms with van der Waals surface area (Å²) in [5.74, 6) is 1.42. The molecule has 1 aromatic heterocycles. The van der Waals surface area contributed by atoms with Crippen LogP contribution in [0, 0.1) is 12.3 Å². The van der Waals surface area contributed by atoms with Crippen molar-refractivity contribution < 1.29 is 9.59 Å². The number of nitrogens with one attached hydrogen (secondary N) is 1. The molecular formula is C24H22N2O2S. The number of terminal acetylenes is 1. The van der Waals surface area contributed by atoms with Crippen LogP contribution in [-0.4, -0.2) is 16.7 Å². The van der Waals surface area contributed by atoms with Gasteiger partial charge in [-0.3, -0.25) is 9.59 Å². The zero-order valence-corrected chi connectivity index (χ0v) is 16.9. The summed E-state index contributed by atoms with van der Waals surface area (Å²) in [4.78, 5) is 28.3. The molecule has 5 heteroatoms. The quantitative estimate of drug-likeness (QED) is 0.598. The zero-order chi connectivity index (χ0) is 20.6. The third-order valence-electron chi connectivity index (χ3n) is 4.71. The number of hydrogen-bond donors (Lipinski definition) is 1. The Morgan fingerprint density at radius 1 is 1.03 bits per heavy atom. The van der Waals surface area contributed by atoms with Crippen molar-refractivity contribution in [1.29, 1.82) is 0 Å². The van der Waals surface area contributed by atoms with Crippen molar-refractivity contribution >= 4 is 23.2 Å². The number of nitrogens with zero attached hydrogens (tertiary/aromatic N) is 1. The summed E-state index contributed by atoms with van der Waals surface area (Å²) >= 11 is 1.43. The van der Waals surface area contributed by atoms with E-state index in [2.05, 4.69) is 11.2 Å². The Morgan fingerprint density at radius 3 is 2.28 bits per heavy atom. The third kappa shape index (κ3) is 4.92. The SMILES string of the molecule is C#CC(=O)N(C(C)c1ccccc1)[C@@H](C(=O)NCc1ccccc1)c1cccs1. The molecule has 0 aliphatic heterocycles. The van der Waals surface area contributed by atoms with E-state index in [4.69, 9.17) is 6.42 Å². The molecule has 0 fully saturated rings. The van der Waals surface area contributed by atoms with Gasteiger partial charge in [-0.1, -0.05) is 66.7 Å². The Morgan fingerprint density at radius 2 is 1.69 bits per heavy atom. The molecule has 1 N–H and O–H groups in total. The van der Waals surface area contributed by atoms with E-state index in [0.717, 1.165) is 16.0 Å². The van der Waals surface area contributed by atoms with Crippen LogP contribution in [0.4, 0.5) is 0 Å². The lowest BCUT2D eigenvalue weighted by Gasteiger charge is -2.34. The molecule has 2 amide bonds. The average molecular weight is 403 g/mol. The van der Waals surface area contributed by atoms with Crippen molar-refractivity contribution in [2.75, 3.05) is 0 Å². The smallest absolute Gasteiger partial charge is 0.299 e. The number of carbonyl (C=O) groups excluding carboxylic acids is 2. The van der Waals surface area contributed by atoms with Gasteiger partial charge in [-0.2, -0.15) is 0 Å². The van der Waals surface area contributed by atoms with Crippen molar-refractivity contribution in [2.45, 2.75) is 25.6 Å². The molecule has 1 unspecified atom stereocenters. The fourth-order valence-electron chi connectivity index (χ4n) is 3.20. The summed E-state index contributed by atoms with van der Waals surface area (Å²) in [6.45, 7) is 2.26. The second kappa shape index (κ2) is 9.72. The lowest BCUT2D eigenvalue weighted by atomic mass is 10.0. The van der Waals surface area contributed by atoms with Crippen LogP contribution in [-0.2, 0) is 16.1 Å². The first-order valence-electron chi connectivity index (χ1n) is 9.30. The highest BCUT2D eigenvalue weighted by molar-refractivity contribution is 7.10. The summed E-state index contributed by atoms with van der Waals surface area (Å²) in [5.41, 5.74) is 1.89. The normalized spacial score (nSPS) is 12.4. The van der Waals surface area contributed by atoms with Crippen LogP contribution in [0.25, 0.3) is 0 Å². The first kappa shape index (κ1) is 20.4. The fraction of sp³-hybridized carbons (Fsp3) is 0.167. The molecule has 2 aromatic carbocycles. The number of thiophene rings is 1. The predicted molar refractivity (Wildman–Crippen MR) is 116 cm³/mol. The zero-order valence-electron chi connectivity index (χ0n) is 16.1. The minimum atomic E-state index is -0.808. The van der Waals surface area contributed by atoms with Crippen LogP contribution in [0.3, 0.4) is 0 Å². The van der Waals surface area contributed by atoms with E-state index >= 15 is 0 Å². The van der Waals surface area contributed by atoms with Gasteiger partial charge < -0.3 is 10.2 Å². The first-order valence-corrected chi connectivity index (χ1v) is 10.2. The maximum absolute atomic E-state index is 13.2. The Balaban J connectivity index is 1.93. The first-order chi connectivity index (χ1) is 14.1. The Bertz CT molecular complexity index is 979. The number of rotatable bonds is 7. The maximum atomic E-state index is 13.2. The van der Waals surface area contributed by atoms with E-state index in [1.54, 1.807) is 0 Å². The Hall–Kier alpha value is -3.36. The highest BCUT2D eigenvalue weighted by Crippen LogP contribution is 2.33. The largest absolute Gasteiger partial charge is 0.350 e. The number of hydrogen-bond acceptors (Lipinski definition) is 3. The molecular weight excluding hydrogens is 380 g/mol. The molecule has 146 valence electrons. The van der Waals surface area contributed by atoms with Crippen molar-refractivity contribution in [2.24, 2.45) is 0 Å². The highest BCUT2D eigenvalue weighted by Gasteiger charge is 2.35. The lowest BCUT2D eigenvalue weighted by molar-refractivity contribution is -0.139. The van der Waals surface area contributed by atoms with Gasteiger partial charge in [0.15, 0.2) is 0 Å². The molecule has 0 spiro atoms. The van der Waals surface area contributed by atoms with E-state index in [1.165, 1.54) is 16.2 Å². The summed E-state index contributed by atoms with van der Waals surface area (Å²) in [7, 11) is 0. The number of benzene rings is 2. The van der Waals surface area contributed by atoms with Crippen molar-refractivity contribution in [3.8, 4) is 12.3 Å². The molecule has 0 saturated heterocycles. The van der Waals surface area contributed by atoms with Crippen LogP contribution in [0.2, 0.25) is 0 Å². The van der Waals surface area contributed by atoms with E-state index in [1.807, 2.05) is 85.1 Å². The van der Waals surface area contributed by atoms with Gasteiger partial charge in [0.25, 0.3) is 5.91 Å². The van der Waals surface area contributed by atoms with Gasteiger partial charge in [-0.15, -0.1) is 17.8 Å². The fourth-order valence-corrected chi connectivity index (χ4v) is 4.03. The molecule has 0 aliphatic rings. The molecule has 0 aliphatic carbocycles. The molecule has 3 rings (SSSR count). The molecule has 1 heterocycles. The van der Waals surface area contributed by atoms with E-state index in [0.29, 0.717) is 6.54 Å². The van der Waals surface area contributed by atoms with Crippen LogP contribution >= 0.6 is 11.3 Å². The molecule has 29 heavy (non-hydrogen) atoms. The van der Waals surface area contributed by atoms with Gasteiger partial charge >= 0.3 is 0 Å². The van der Waals surface area contributed by atoms with Gasteiger partial charge in [0.1, 0.15) is 6.04 Å². The van der Waals surface area contributed by atoms with Crippen LogP contribution in [0.1, 0.15) is 35.0 Å². The number of amides is 2. The second-order valence-electron chi connectivity index (χ2n) is 6.56. The summed E-state index contributed by atoms with van der Waals surface area (Å²) in [6.07, 6.45) is 5.48. The summed E-state index contributed by atoms with van der Waals surface area (Å²) < 4.78 is 0. The van der Waals surface area contributed by atoms with Crippen LogP contribution in [0.15, 0.2) is 78.2 Å². The average Bonchev–Trinajstić information content (AvgIpc) is 3.30. The maximum Gasteiger partial charge on any atom is 0.299 e. The minimum Gasteiger partial charge on any atom is -0.350 e. The standard InChI is InChI=1S/C24H22N2O2S/c1-3-22(27)26(18(2)20-13-8-5-9-14-20)23(21-15-10-16-29-21)24(28)25-17-19-11-6-4-7-12-19/h1,4-16,18,23H,17H2,2H3,(H,25,28)/t18?,23-/m1/s1. The van der Waals surface area contributed by atoms with Gasteiger partial charge in [-0.25, -0.2) is 0 Å². The summed E-state index contributed by atoms with van der Waals surface area (Å²) in [6, 6.07) is 21.8.